The molecule has 0 aliphatic carbocycles. The van der Waals surface area contributed by atoms with Crippen LogP contribution in [0.2, 0.25) is 0 Å². The van der Waals surface area contributed by atoms with Gasteiger partial charge in [0.05, 0.1) is 0 Å². The largest absolute Gasteiger partial charge is 0.294 e. The van der Waals surface area contributed by atoms with Gasteiger partial charge in [-0.25, -0.2) is 0 Å². The maximum Gasteiger partial charge on any atom is 0.162 e. The van der Waals surface area contributed by atoms with E-state index in [1.165, 1.54) is 0 Å². The fourth-order valence-electron chi connectivity index (χ4n) is 0.597. The van der Waals surface area contributed by atoms with Crippen LogP contribution in [0.15, 0.2) is 24.3 Å². The predicted molar refractivity (Wildman–Crippen MR) is 39.3 cm³/mol. The Morgan fingerprint density at radius 1 is 1.67 bits per heavy atom. The van der Waals surface area contributed by atoms with Gasteiger partial charge in [-0.3, -0.25) is 4.79 Å². The standard InChI is InChI=1S/C8H12O/c1-4-7(5-2)8(9)6-3/h4-5H,1,6H2,2-3H3/b7-5+. The summed E-state index contributed by atoms with van der Waals surface area (Å²) in [7, 11) is 0. The first-order valence-electron chi connectivity index (χ1n) is 3.08. The highest BCUT2D eigenvalue weighted by Gasteiger charge is 1.98. The third-order valence-corrected chi connectivity index (χ3v) is 1.17. The van der Waals surface area contributed by atoms with Crippen molar-refractivity contribution < 1.29 is 4.79 Å². The summed E-state index contributed by atoms with van der Waals surface area (Å²) in [6.07, 6.45) is 3.93. The molecule has 0 N–H and O–H groups in total. The van der Waals surface area contributed by atoms with Gasteiger partial charge in [0, 0.05) is 12.0 Å². The lowest BCUT2D eigenvalue weighted by molar-refractivity contribution is -0.114. The number of hydrogen-bond donors (Lipinski definition) is 0. The van der Waals surface area contributed by atoms with Gasteiger partial charge in [0.15, 0.2) is 5.78 Å². The summed E-state index contributed by atoms with van der Waals surface area (Å²) in [5.41, 5.74) is 0.720. The summed E-state index contributed by atoms with van der Waals surface area (Å²) in [5, 5.41) is 0. The number of carbonyl (C=O) groups is 1. The molecule has 0 aromatic heterocycles. The Hall–Kier alpha value is -0.850. The maximum absolute atomic E-state index is 10.8. The number of hydrogen-bond acceptors (Lipinski definition) is 1. The van der Waals surface area contributed by atoms with Crippen LogP contribution in [-0.2, 0) is 4.79 Å². The molecule has 0 atom stereocenters. The van der Waals surface area contributed by atoms with E-state index in [-0.39, 0.29) is 5.78 Å². The van der Waals surface area contributed by atoms with E-state index in [4.69, 9.17) is 0 Å². The van der Waals surface area contributed by atoms with Crippen molar-refractivity contribution in [1.82, 2.24) is 0 Å². The minimum Gasteiger partial charge on any atom is -0.294 e. The summed E-state index contributed by atoms with van der Waals surface area (Å²) in [5.74, 6) is 0.160. The van der Waals surface area contributed by atoms with Gasteiger partial charge in [0.1, 0.15) is 0 Å². The van der Waals surface area contributed by atoms with Crippen molar-refractivity contribution in [2.45, 2.75) is 20.3 Å². The van der Waals surface area contributed by atoms with Crippen molar-refractivity contribution in [2.75, 3.05) is 0 Å². The topological polar surface area (TPSA) is 17.1 Å². The van der Waals surface area contributed by atoms with Gasteiger partial charge in [-0.05, 0) is 6.92 Å². The normalized spacial score (nSPS) is 11.1. The second-order valence-corrected chi connectivity index (χ2v) is 1.72. The minimum absolute atomic E-state index is 0.160. The molecule has 0 spiro atoms. The molecule has 0 aliphatic heterocycles. The highest BCUT2D eigenvalue weighted by molar-refractivity contribution is 5.97. The van der Waals surface area contributed by atoms with E-state index in [0.717, 1.165) is 5.57 Å². The van der Waals surface area contributed by atoms with E-state index < -0.39 is 0 Å². The van der Waals surface area contributed by atoms with Crippen LogP contribution < -0.4 is 0 Å². The number of carbonyl (C=O) groups excluding carboxylic acids is 1. The lowest BCUT2D eigenvalue weighted by atomic mass is 10.1. The lowest BCUT2D eigenvalue weighted by Crippen LogP contribution is -1.96. The molecule has 0 saturated heterocycles. The van der Waals surface area contributed by atoms with Crippen molar-refractivity contribution in [3.63, 3.8) is 0 Å². The smallest absolute Gasteiger partial charge is 0.162 e. The number of ketones is 1. The molecule has 0 unspecified atom stereocenters. The average Bonchev–Trinajstić information content (AvgIpc) is 1.90. The summed E-state index contributed by atoms with van der Waals surface area (Å²) in [6, 6.07) is 0. The quantitative estimate of drug-likeness (QED) is 0.416. The summed E-state index contributed by atoms with van der Waals surface area (Å²) < 4.78 is 0. The van der Waals surface area contributed by atoms with Gasteiger partial charge in [0.25, 0.3) is 0 Å². The molecule has 0 fully saturated rings. The van der Waals surface area contributed by atoms with Crippen molar-refractivity contribution in [2.24, 2.45) is 0 Å². The number of Topliss-reactive ketones (excluding diaryl/α,β-unsaturated/α-hetero) is 1. The molecule has 1 nitrogen and oxygen atoms in total. The zero-order valence-corrected chi connectivity index (χ0v) is 5.98. The van der Waals surface area contributed by atoms with E-state index in [0.29, 0.717) is 6.42 Å². The first-order valence-corrected chi connectivity index (χ1v) is 3.08. The van der Waals surface area contributed by atoms with E-state index >= 15 is 0 Å². The summed E-state index contributed by atoms with van der Waals surface area (Å²) >= 11 is 0. The van der Waals surface area contributed by atoms with E-state index in [1.807, 2.05) is 13.8 Å². The molecule has 0 aliphatic rings. The van der Waals surface area contributed by atoms with Gasteiger partial charge < -0.3 is 0 Å². The summed E-state index contributed by atoms with van der Waals surface area (Å²) in [4.78, 5) is 10.8. The Balaban J connectivity index is 4.14. The minimum atomic E-state index is 0.160. The SMILES string of the molecule is C=C/C(=C\C)C(=O)CC. The Morgan fingerprint density at radius 2 is 2.22 bits per heavy atom. The summed E-state index contributed by atoms with van der Waals surface area (Å²) in [6.45, 7) is 7.19. The van der Waals surface area contributed by atoms with Crippen LogP contribution in [-0.4, -0.2) is 5.78 Å². The zero-order chi connectivity index (χ0) is 7.28. The van der Waals surface area contributed by atoms with Crippen LogP contribution in [0.4, 0.5) is 0 Å². The highest BCUT2D eigenvalue weighted by atomic mass is 16.1. The molecule has 0 aromatic carbocycles. The third-order valence-electron chi connectivity index (χ3n) is 1.17. The molecule has 0 amide bonds. The van der Waals surface area contributed by atoms with Gasteiger partial charge in [-0.15, -0.1) is 0 Å². The molecule has 0 rings (SSSR count). The van der Waals surface area contributed by atoms with Gasteiger partial charge in [0.2, 0.25) is 0 Å². The fourth-order valence-corrected chi connectivity index (χ4v) is 0.597. The molecule has 0 bridgehead atoms. The van der Waals surface area contributed by atoms with Gasteiger partial charge in [-0.2, -0.15) is 0 Å². The Kier molecular flexibility index (Phi) is 3.69. The van der Waals surface area contributed by atoms with E-state index in [2.05, 4.69) is 6.58 Å². The van der Waals surface area contributed by atoms with Crippen LogP contribution in [0.3, 0.4) is 0 Å². The second-order valence-electron chi connectivity index (χ2n) is 1.72. The van der Waals surface area contributed by atoms with Crippen LogP contribution in [0.25, 0.3) is 0 Å². The zero-order valence-electron chi connectivity index (χ0n) is 5.98. The van der Waals surface area contributed by atoms with Crippen molar-refractivity contribution >= 4 is 5.78 Å². The monoisotopic (exact) mass is 124 g/mol. The fraction of sp³-hybridized carbons (Fsp3) is 0.375. The molecule has 0 heterocycles. The van der Waals surface area contributed by atoms with Crippen LogP contribution in [0.5, 0.6) is 0 Å². The predicted octanol–water partition coefficient (Wildman–Crippen LogP) is 2.10. The first kappa shape index (κ1) is 8.15. The molecule has 0 saturated carbocycles. The molecule has 1 heteroatoms. The highest BCUT2D eigenvalue weighted by Crippen LogP contribution is 1.99. The average molecular weight is 124 g/mol. The third kappa shape index (κ3) is 2.27. The molecule has 0 radical (unpaired) electrons. The lowest BCUT2D eigenvalue weighted by Gasteiger charge is -1.93. The van der Waals surface area contributed by atoms with Crippen molar-refractivity contribution in [1.29, 1.82) is 0 Å². The second kappa shape index (κ2) is 4.07. The van der Waals surface area contributed by atoms with Gasteiger partial charge in [-0.1, -0.05) is 25.7 Å². The Morgan fingerprint density at radius 3 is 2.33 bits per heavy atom. The Bertz CT molecular complexity index is 143. The van der Waals surface area contributed by atoms with Gasteiger partial charge >= 0.3 is 0 Å². The number of rotatable bonds is 3. The van der Waals surface area contributed by atoms with Crippen molar-refractivity contribution in [3.05, 3.63) is 24.3 Å². The van der Waals surface area contributed by atoms with Crippen LogP contribution in [0, 0.1) is 0 Å². The molecular formula is C8H12O. The van der Waals surface area contributed by atoms with Crippen LogP contribution in [0.1, 0.15) is 20.3 Å². The Labute approximate surface area is 56.1 Å². The molecule has 9 heavy (non-hydrogen) atoms. The number of allylic oxidation sites excluding steroid dienone is 3. The first-order chi connectivity index (χ1) is 4.26. The van der Waals surface area contributed by atoms with E-state index in [9.17, 15) is 4.79 Å². The molecule has 0 aromatic rings. The maximum atomic E-state index is 10.8. The van der Waals surface area contributed by atoms with E-state index in [1.54, 1.807) is 12.2 Å². The molecule has 50 valence electrons. The van der Waals surface area contributed by atoms with Crippen LogP contribution >= 0.6 is 0 Å². The van der Waals surface area contributed by atoms with Crippen molar-refractivity contribution in [3.8, 4) is 0 Å². The molecular weight excluding hydrogens is 112 g/mol.